The molecule has 0 aliphatic heterocycles. The lowest BCUT2D eigenvalue weighted by atomic mass is 10.3. The number of carbonyl (C=O) groups is 2. The summed E-state index contributed by atoms with van der Waals surface area (Å²) in [5, 5.41) is 5.77. The van der Waals surface area contributed by atoms with Gasteiger partial charge in [-0.3, -0.25) is 4.79 Å². The molecular formula is C18H42N2O9Si2. The highest BCUT2D eigenvalue weighted by molar-refractivity contribution is 6.60. The molecule has 0 spiro atoms. The minimum absolute atomic E-state index is 0.210. The van der Waals surface area contributed by atoms with Crippen LogP contribution in [0, 0.1) is 0 Å². The van der Waals surface area contributed by atoms with E-state index < -0.39 is 23.7 Å². The van der Waals surface area contributed by atoms with Crippen molar-refractivity contribution in [1.82, 2.24) is 10.6 Å². The number of rotatable bonds is 17. The Morgan fingerprint density at radius 2 is 1.10 bits per heavy atom. The topological polar surface area (TPSA) is 123 Å². The van der Waals surface area contributed by atoms with Crippen LogP contribution in [0.3, 0.4) is 0 Å². The first-order valence-electron chi connectivity index (χ1n) is 10.1. The minimum atomic E-state index is -2.49. The summed E-state index contributed by atoms with van der Waals surface area (Å²) >= 11 is 0. The van der Waals surface area contributed by atoms with Crippen molar-refractivity contribution in [1.29, 1.82) is 0 Å². The van der Waals surface area contributed by atoms with Gasteiger partial charge in [0.15, 0.2) is 0 Å². The van der Waals surface area contributed by atoms with E-state index in [0.29, 0.717) is 19.0 Å². The first-order valence-corrected chi connectivity index (χ1v) is 13.9. The van der Waals surface area contributed by atoms with Gasteiger partial charge in [-0.05, 0) is 26.3 Å². The maximum Gasteiger partial charge on any atom is 0.500 e. The number of amides is 1. The second-order valence-corrected chi connectivity index (χ2v) is 12.6. The summed E-state index contributed by atoms with van der Waals surface area (Å²) in [6.07, 6.45) is 1.78. The number of hydrogen-bond acceptors (Lipinski definition) is 10. The van der Waals surface area contributed by atoms with Crippen molar-refractivity contribution < 1.29 is 40.9 Å². The molecule has 11 nitrogen and oxygen atoms in total. The Balaban J connectivity index is 0. The molecule has 0 aromatic rings. The molecule has 31 heavy (non-hydrogen) atoms. The van der Waals surface area contributed by atoms with Gasteiger partial charge in [-0.15, -0.1) is 0 Å². The van der Waals surface area contributed by atoms with Crippen LogP contribution in [0.15, 0.2) is 0 Å². The average Bonchev–Trinajstić information content (AvgIpc) is 2.80. The number of Topliss-reactive ketones (excluding diaryl/α,β-unsaturated/α-hetero) is 1. The lowest BCUT2D eigenvalue weighted by Crippen LogP contribution is -2.43. The van der Waals surface area contributed by atoms with Crippen molar-refractivity contribution in [2.24, 2.45) is 0 Å². The first-order chi connectivity index (χ1) is 14.7. The molecule has 0 fully saturated rings. The zero-order valence-corrected chi connectivity index (χ0v) is 22.3. The molecule has 0 bridgehead atoms. The molecule has 186 valence electrons. The highest BCUT2D eigenvalue weighted by Gasteiger charge is 2.37. The van der Waals surface area contributed by atoms with Gasteiger partial charge in [0.25, 0.3) is 0 Å². The van der Waals surface area contributed by atoms with Gasteiger partial charge >= 0.3 is 23.7 Å². The fraction of sp³-hybridized carbons (Fsp3) is 0.889. The Bertz CT molecular complexity index is 449. The van der Waals surface area contributed by atoms with Gasteiger partial charge in [0.2, 0.25) is 0 Å². The molecule has 0 aromatic carbocycles. The maximum absolute atomic E-state index is 10.7. The number of hydrogen-bond donors (Lipinski definition) is 2. The summed E-state index contributed by atoms with van der Waals surface area (Å²) in [5.41, 5.74) is 0. The second kappa shape index (κ2) is 19.8. The molecule has 13 heteroatoms. The SMILES string of the molecule is COC(=O)NCCC[Si](OC)(OC)OC.CO[Si](CCCNCCC(C)=O)(OC)OC. The number of alkyl carbamates (subject to hydrolysis) is 1. The normalized spacial score (nSPS) is 11.5. The summed E-state index contributed by atoms with van der Waals surface area (Å²) in [6, 6.07) is 1.43. The Morgan fingerprint density at radius 3 is 1.45 bits per heavy atom. The van der Waals surface area contributed by atoms with Crippen LogP contribution in [-0.4, -0.2) is 98.9 Å². The van der Waals surface area contributed by atoms with Gasteiger partial charge < -0.3 is 41.9 Å². The van der Waals surface area contributed by atoms with Crippen molar-refractivity contribution in [2.45, 2.75) is 38.3 Å². The zero-order valence-electron chi connectivity index (χ0n) is 20.3. The van der Waals surface area contributed by atoms with Crippen LogP contribution in [0.4, 0.5) is 4.79 Å². The largest absolute Gasteiger partial charge is 0.500 e. The molecule has 0 saturated carbocycles. The van der Waals surface area contributed by atoms with Crippen molar-refractivity contribution >= 4 is 29.5 Å². The fourth-order valence-electron chi connectivity index (χ4n) is 2.50. The van der Waals surface area contributed by atoms with E-state index >= 15 is 0 Å². The Kier molecular flexibility index (Phi) is 20.6. The predicted molar refractivity (Wildman–Crippen MR) is 121 cm³/mol. The molecule has 1 amide bonds. The highest BCUT2D eigenvalue weighted by Crippen LogP contribution is 2.15. The van der Waals surface area contributed by atoms with E-state index in [4.69, 9.17) is 26.6 Å². The maximum atomic E-state index is 10.7. The lowest BCUT2D eigenvalue weighted by Gasteiger charge is -2.24. The fourth-order valence-corrected chi connectivity index (χ4v) is 5.94. The van der Waals surface area contributed by atoms with E-state index in [1.54, 1.807) is 49.6 Å². The van der Waals surface area contributed by atoms with Crippen molar-refractivity contribution in [2.75, 3.05) is 69.4 Å². The smallest absolute Gasteiger partial charge is 0.453 e. The number of ether oxygens (including phenoxy) is 1. The zero-order chi connectivity index (χ0) is 24.2. The van der Waals surface area contributed by atoms with E-state index in [0.717, 1.165) is 32.0 Å². The summed E-state index contributed by atoms with van der Waals surface area (Å²) < 4.78 is 36.0. The third-order valence-electron chi connectivity index (χ3n) is 4.47. The average molecular weight is 487 g/mol. The minimum Gasteiger partial charge on any atom is -0.453 e. The van der Waals surface area contributed by atoms with Crippen LogP contribution < -0.4 is 10.6 Å². The van der Waals surface area contributed by atoms with Gasteiger partial charge in [-0.2, -0.15) is 0 Å². The molecule has 2 N–H and O–H groups in total. The molecule has 0 radical (unpaired) electrons. The molecule has 0 aromatic heterocycles. The number of nitrogens with one attached hydrogen (secondary N) is 2. The molecule has 0 aliphatic carbocycles. The van der Waals surface area contributed by atoms with E-state index in [1.807, 2.05) is 0 Å². The van der Waals surface area contributed by atoms with Crippen molar-refractivity contribution in [3.05, 3.63) is 0 Å². The second-order valence-electron chi connectivity index (χ2n) is 6.42. The van der Waals surface area contributed by atoms with E-state index in [1.165, 1.54) is 7.11 Å². The summed E-state index contributed by atoms with van der Waals surface area (Å²) in [7, 11) is 5.96. The van der Waals surface area contributed by atoms with Crippen LogP contribution in [0.1, 0.15) is 26.2 Å². The summed E-state index contributed by atoms with van der Waals surface area (Å²) in [4.78, 5) is 21.4. The predicted octanol–water partition coefficient (Wildman–Crippen LogP) is 1.43. The Labute approximate surface area is 189 Å². The van der Waals surface area contributed by atoms with Crippen molar-refractivity contribution in [3.63, 3.8) is 0 Å². The first kappa shape index (κ1) is 32.3. The Morgan fingerprint density at radius 1 is 0.677 bits per heavy atom. The lowest BCUT2D eigenvalue weighted by molar-refractivity contribution is -0.116. The van der Waals surface area contributed by atoms with E-state index in [-0.39, 0.29) is 5.78 Å². The van der Waals surface area contributed by atoms with Crippen molar-refractivity contribution in [3.8, 4) is 0 Å². The van der Waals surface area contributed by atoms with Crippen LogP contribution in [0.25, 0.3) is 0 Å². The number of ketones is 1. The molecule has 0 unspecified atom stereocenters. The third kappa shape index (κ3) is 15.5. The van der Waals surface area contributed by atoms with Gasteiger partial charge in [0.1, 0.15) is 5.78 Å². The van der Waals surface area contributed by atoms with E-state index in [2.05, 4.69) is 15.4 Å². The van der Waals surface area contributed by atoms with Crippen LogP contribution in [0.2, 0.25) is 12.1 Å². The van der Waals surface area contributed by atoms with Gasteiger partial charge in [0.05, 0.1) is 7.11 Å². The molecule has 0 atom stereocenters. The molecule has 0 saturated heterocycles. The van der Waals surface area contributed by atoms with Gasteiger partial charge in [0, 0.05) is 74.3 Å². The van der Waals surface area contributed by atoms with Crippen LogP contribution in [0.5, 0.6) is 0 Å². The summed E-state index contributed by atoms with van der Waals surface area (Å²) in [6.45, 7) is 3.69. The van der Waals surface area contributed by atoms with Crippen LogP contribution >= 0.6 is 0 Å². The van der Waals surface area contributed by atoms with E-state index in [9.17, 15) is 9.59 Å². The molecule has 0 aliphatic rings. The molecular weight excluding hydrogens is 444 g/mol. The number of carbonyl (C=O) groups excluding carboxylic acids is 2. The van der Waals surface area contributed by atoms with Crippen LogP contribution in [-0.2, 0) is 36.1 Å². The molecule has 0 heterocycles. The van der Waals surface area contributed by atoms with Gasteiger partial charge in [-0.1, -0.05) is 0 Å². The highest BCUT2D eigenvalue weighted by atomic mass is 28.4. The standard InChI is InChI=1S/C10H23NO4Si.C8H19NO5Si/c1-10(12)6-8-11-7-5-9-16(13-2,14-3)15-4;1-11-8(10)9-6-5-7-15(12-2,13-3)14-4/h11H,5-9H2,1-4H3;5-7H2,1-4H3,(H,9,10). The quantitative estimate of drug-likeness (QED) is 0.230. The summed E-state index contributed by atoms with van der Waals surface area (Å²) in [5.74, 6) is 0.210. The van der Waals surface area contributed by atoms with Gasteiger partial charge in [-0.25, -0.2) is 4.79 Å². The number of methoxy groups -OCH3 is 1. The third-order valence-corrected chi connectivity index (χ3v) is 10.1. The molecule has 0 rings (SSSR count). The monoisotopic (exact) mass is 486 g/mol. The Hall–Kier alpha value is -0.906.